The Balaban J connectivity index is 1.31. The van der Waals surface area contributed by atoms with E-state index in [1.807, 2.05) is 12.1 Å². The average molecular weight is 463 g/mol. The van der Waals surface area contributed by atoms with E-state index in [0.29, 0.717) is 17.9 Å². The zero-order chi connectivity index (χ0) is 23.2. The van der Waals surface area contributed by atoms with Crippen molar-refractivity contribution in [3.05, 3.63) is 111 Å². The number of nitrogens with one attached hydrogen (secondary N) is 2. The van der Waals surface area contributed by atoms with Crippen molar-refractivity contribution in [2.75, 3.05) is 10.6 Å². The summed E-state index contributed by atoms with van der Waals surface area (Å²) in [6.07, 6.45) is 1.74. The Kier molecular flexibility index (Phi) is 6.70. The Morgan fingerprint density at radius 1 is 0.970 bits per heavy atom. The van der Waals surface area contributed by atoms with Crippen molar-refractivity contribution in [3.8, 4) is 0 Å². The van der Waals surface area contributed by atoms with Gasteiger partial charge in [-0.1, -0.05) is 30.3 Å². The van der Waals surface area contributed by atoms with Crippen LogP contribution in [0.15, 0.2) is 83.1 Å². The molecule has 4 rings (SSSR count). The molecule has 166 valence electrons. The molecule has 0 unspecified atom stereocenters. The van der Waals surface area contributed by atoms with Crippen molar-refractivity contribution in [1.82, 2.24) is 9.55 Å². The van der Waals surface area contributed by atoms with Crippen LogP contribution in [0.4, 0.5) is 15.2 Å². The standard InChI is InChI=1S/C24H19FN4O3S/c25-20-6-2-1-5-19(20)23(32)28-24-27-18(15-33-24)13-21(30)26-17-10-8-16(9-11-17)14-29-12-4-3-7-22(29)31/h1-12,15H,13-14H2,(H,26,30)(H,27,28,32). The lowest BCUT2D eigenvalue weighted by molar-refractivity contribution is -0.115. The molecule has 2 aromatic heterocycles. The number of hydrogen-bond donors (Lipinski definition) is 2. The lowest BCUT2D eigenvalue weighted by atomic mass is 10.2. The van der Waals surface area contributed by atoms with Gasteiger partial charge in [0.1, 0.15) is 5.82 Å². The minimum absolute atomic E-state index is 0.0211. The highest BCUT2D eigenvalue weighted by molar-refractivity contribution is 7.14. The maximum atomic E-state index is 13.7. The van der Waals surface area contributed by atoms with Gasteiger partial charge < -0.3 is 9.88 Å². The predicted molar refractivity (Wildman–Crippen MR) is 125 cm³/mol. The van der Waals surface area contributed by atoms with Crippen molar-refractivity contribution in [3.63, 3.8) is 0 Å². The number of anilines is 2. The van der Waals surface area contributed by atoms with E-state index in [2.05, 4.69) is 15.6 Å². The predicted octanol–water partition coefficient (Wildman–Crippen LogP) is 3.93. The van der Waals surface area contributed by atoms with Crippen LogP contribution < -0.4 is 16.2 Å². The van der Waals surface area contributed by atoms with Gasteiger partial charge in [0, 0.05) is 23.3 Å². The number of aromatic nitrogens is 2. The molecule has 0 radical (unpaired) electrons. The number of rotatable bonds is 7. The second kappa shape index (κ2) is 10.0. The lowest BCUT2D eigenvalue weighted by Crippen LogP contribution is -2.18. The molecule has 0 atom stereocenters. The summed E-state index contributed by atoms with van der Waals surface area (Å²) in [5.41, 5.74) is 1.88. The number of amides is 2. The molecule has 0 fully saturated rings. The van der Waals surface area contributed by atoms with Crippen LogP contribution in [0.2, 0.25) is 0 Å². The van der Waals surface area contributed by atoms with E-state index >= 15 is 0 Å². The number of carbonyl (C=O) groups is 2. The van der Waals surface area contributed by atoms with E-state index in [1.54, 1.807) is 46.5 Å². The average Bonchev–Trinajstić information content (AvgIpc) is 3.23. The van der Waals surface area contributed by atoms with Crippen LogP contribution in [-0.4, -0.2) is 21.4 Å². The fourth-order valence-electron chi connectivity index (χ4n) is 3.11. The molecule has 33 heavy (non-hydrogen) atoms. The maximum Gasteiger partial charge on any atom is 0.260 e. The van der Waals surface area contributed by atoms with Gasteiger partial charge in [0.2, 0.25) is 5.91 Å². The molecule has 0 aliphatic rings. The second-order valence-electron chi connectivity index (χ2n) is 7.17. The van der Waals surface area contributed by atoms with Gasteiger partial charge in [0.15, 0.2) is 5.13 Å². The topological polar surface area (TPSA) is 93.1 Å². The van der Waals surface area contributed by atoms with E-state index in [-0.39, 0.29) is 28.6 Å². The highest BCUT2D eigenvalue weighted by Gasteiger charge is 2.14. The molecule has 2 amide bonds. The van der Waals surface area contributed by atoms with E-state index < -0.39 is 11.7 Å². The Morgan fingerprint density at radius 2 is 1.73 bits per heavy atom. The molecule has 9 heteroatoms. The fourth-order valence-corrected chi connectivity index (χ4v) is 3.81. The molecule has 4 aromatic rings. The SMILES string of the molecule is O=C(Cc1csc(NC(=O)c2ccccc2F)n1)Nc1ccc(Cn2ccccc2=O)cc1. The number of nitrogens with zero attached hydrogens (tertiary/aromatic N) is 2. The molecule has 0 aliphatic carbocycles. The van der Waals surface area contributed by atoms with Crippen LogP contribution in [0.25, 0.3) is 0 Å². The molecule has 0 spiro atoms. The molecule has 0 saturated carbocycles. The van der Waals surface area contributed by atoms with Crippen molar-refractivity contribution < 1.29 is 14.0 Å². The number of hydrogen-bond acceptors (Lipinski definition) is 5. The third-order valence-corrected chi connectivity index (χ3v) is 5.53. The lowest BCUT2D eigenvalue weighted by Gasteiger charge is -2.08. The highest BCUT2D eigenvalue weighted by Crippen LogP contribution is 2.18. The van der Waals surface area contributed by atoms with E-state index in [9.17, 15) is 18.8 Å². The van der Waals surface area contributed by atoms with Crippen molar-refractivity contribution in [2.45, 2.75) is 13.0 Å². The van der Waals surface area contributed by atoms with Crippen LogP contribution in [0.1, 0.15) is 21.6 Å². The Hall–Kier alpha value is -4.11. The van der Waals surface area contributed by atoms with Crippen molar-refractivity contribution in [1.29, 1.82) is 0 Å². The zero-order valence-electron chi connectivity index (χ0n) is 17.3. The van der Waals surface area contributed by atoms with Gasteiger partial charge in [-0.25, -0.2) is 9.37 Å². The Bertz CT molecular complexity index is 1350. The van der Waals surface area contributed by atoms with Crippen LogP contribution in [0.5, 0.6) is 0 Å². The summed E-state index contributed by atoms with van der Waals surface area (Å²) in [5.74, 6) is -1.48. The number of thiazole rings is 1. The van der Waals surface area contributed by atoms with Crippen LogP contribution in [0.3, 0.4) is 0 Å². The molecule has 7 nitrogen and oxygen atoms in total. The summed E-state index contributed by atoms with van der Waals surface area (Å²) in [6.45, 7) is 0.439. The first-order valence-electron chi connectivity index (χ1n) is 10.0. The Labute approximate surface area is 192 Å². The molecule has 2 aromatic carbocycles. The first kappa shape index (κ1) is 22.1. The van der Waals surface area contributed by atoms with Gasteiger partial charge in [0.25, 0.3) is 11.5 Å². The summed E-state index contributed by atoms with van der Waals surface area (Å²) >= 11 is 1.16. The van der Waals surface area contributed by atoms with E-state index in [4.69, 9.17) is 0 Å². The van der Waals surface area contributed by atoms with Crippen molar-refractivity contribution in [2.24, 2.45) is 0 Å². The highest BCUT2D eigenvalue weighted by atomic mass is 32.1. The normalized spacial score (nSPS) is 10.6. The van der Waals surface area contributed by atoms with Gasteiger partial charge >= 0.3 is 0 Å². The van der Waals surface area contributed by atoms with E-state index in [0.717, 1.165) is 16.9 Å². The second-order valence-corrected chi connectivity index (χ2v) is 8.02. The summed E-state index contributed by atoms with van der Waals surface area (Å²) in [6, 6.07) is 17.9. The smallest absolute Gasteiger partial charge is 0.260 e. The zero-order valence-corrected chi connectivity index (χ0v) is 18.1. The van der Waals surface area contributed by atoms with Crippen LogP contribution >= 0.6 is 11.3 Å². The summed E-state index contributed by atoms with van der Waals surface area (Å²) in [7, 11) is 0. The third kappa shape index (κ3) is 5.78. The molecule has 2 N–H and O–H groups in total. The summed E-state index contributed by atoms with van der Waals surface area (Å²) in [5, 5.41) is 7.29. The summed E-state index contributed by atoms with van der Waals surface area (Å²) in [4.78, 5) is 40.6. The third-order valence-electron chi connectivity index (χ3n) is 4.72. The fraction of sp³-hybridized carbons (Fsp3) is 0.0833. The van der Waals surface area contributed by atoms with Crippen LogP contribution in [-0.2, 0) is 17.8 Å². The molecular formula is C24H19FN4O3S. The van der Waals surface area contributed by atoms with Gasteiger partial charge in [-0.3, -0.25) is 19.7 Å². The van der Waals surface area contributed by atoms with E-state index in [1.165, 1.54) is 24.3 Å². The van der Waals surface area contributed by atoms with Gasteiger partial charge in [-0.05, 0) is 35.9 Å². The first-order valence-corrected chi connectivity index (χ1v) is 10.9. The minimum atomic E-state index is -0.618. The maximum absolute atomic E-state index is 13.7. The molecule has 0 saturated heterocycles. The molecular weight excluding hydrogens is 443 g/mol. The number of pyridine rings is 1. The largest absolute Gasteiger partial charge is 0.326 e. The summed E-state index contributed by atoms with van der Waals surface area (Å²) < 4.78 is 15.3. The van der Waals surface area contributed by atoms with Gasteiger partial charge in [-0.15, -0.1) is 11.3 Å². The number of halogens is 1. The number of benzene rings is 2. The first-order chi connectivity index (χ1) is 16.0. The quantitative estimate of drug-likeness (QED) is 0.435. The molecule has 0 bridgehead atoms. The van der Waals surface area contributed by atoms with Crippen LogP contribution in [0, 0.1) is 5.82 Å². The molecule has 2 heterocycles. The Morgan fingerprint density at radius 3 is 2.48 bits per heavy atom. The minimum Gasteiger partial charge on any atom is -0.326 e. The monoisotopic (exact) mass is 462 g/mol. The van der Waals surface area contributed by atoms with Gasteiger partial charge in [-0.2, -0.15) is 0 Å². The molecule has 0 aliphatic heterocycles. The van der Waals surface area contributed by atoms with Gasteiger partial charge in [0.05, 0.1) is 24.2 Å². The number of carbonyl (C=O) groups excluding carboxylic acids is 2. The van der Waals surface area contributed by atoms with Crippen molar-refractivity contribution >= 4 is 34.0 Å².